The normalized spacial score (nSPS) is 11.7. The van der Waals surface area contributed by atoms with Crippen molar-refractivity contribution in [1.29, 1.82) is 0 Å². The second-order valence-electron chi connectivity index (χ2n) is 6.47. The Morgan fingerprint density at radius 3 is 2.44 bits per heavy atom. The number of aryl methyl sites for hydroxylation is 3. The Labute approximate surface area is 159 Å². The topological polar surface area (TPSA) is 84.9 Å². The Morgan fingerprint density at radius 2 is 1.81 bits per heavy atom. The first-order valence-corrected chi connectivity index (χ1v) is 8.90. The van der Waals surface area contributed by atoms with E-state index in [9.17, 15) is 0 Å². The number of benzene rings is 1. The summed E-state index contributed by atoms with van der Waals surface area (Å²) in [6.45, 7) is 7.18. The Bertz CT molecular complexity index is 951. The highest BCUT2D eigenvalue weighted by Crippen LogP contribution is 2.16. The van der Waals surface area contributed by atoms with Gasteiger partial charge in [-0.05, 0) is 38.5 Å². The van der Waals surface area contributed by atoms with E-state index in [1.54, 1.807) is 7.05 Å². The first-order valence-electron chi connectivity index (χ1n) is 8.90. The minimum atomic E-state index is 0.552. The van der Waals surface area contributed by atoms with Gasteiger partial charge in [0.1, 0.15) is 5.82 Å². The maximum atomic E-state index is 4.60. The zero-order valence-electron chi connectivity index (χ0n) is 16.5. The Kier molecular flexibility index (Phi) is 5.54. The molecular weight excluding hydrogens is 340 g/mol. The molecule has 0 bridgehead atoms. The van der Waals surface area contributed by atoms with Gasteiger partial charge < -0.3 is 15.2 Å². The maximum Gasteiger partial charge on any atom is 0.191 e. The fourth-order valence-electron chi connectivity index (χ4n) is 2.91. The highest BCUT2D eigenvalue weighted by Gasteiger charge is 2.10. The molecule has 2 aromatic heterocycles. The molecule has 2 heterocycles. The van der Waals surface area contributed by atoms with Crippen LogP contribution >= 0.6 is 0 Å². The number of nitrogens with one attached hydrogen (secondary N) is 2. The molecule has 27 heavy (non-hydrogen) atoms. The van der Waals surface area contributed by atoms with Crippen LogP contribution in [0, 0.1) is 20.8 Å². The van der Waals surface area contributed by atoms with E-state index in [-0.39, 0.29) is 0 Å². The van der Waals surface area contributed by atoms with Crippen molar-refractivity contribution in [3.8, 4) is 5.69 Å². The maximum absolute atomic E-state index is 4.60. The van der Waals surface area contributed by atoms with E-state index in [0.29, 0.717) is 19.0 Å². The van der Waals surface area contributed by atoms with Crippen LogP contribution in [-0.2, 0) is 20.1 Å². The standard InChI is InChI=1S/C19H26N8/c1-13-10-14(2)27(25-13)17-9-7-6-8-16(17)11-21-19(20-4)22-12-18-24-23-15(3)26(18)5/h6-10H,11-12H2,1-5H3,(H2,20,21,22). The van der Waals surface area contributed by atoms with Crippen LogP contribution in [0.15, 0.2) is 35.3 Å². The molecule has 1 aromatic carbocycles. The van der Waals surface area contributed by atoms with Crippen LogP contribution in [0.1, 0.15) is 28.6 Å². The van der Waals surface area contributed by atoms with E-state index in [1.165, 1.54) is 0 Å². The lowest BCUT2D eigenvalue weighted by molar-refractivity contribution is 0.715. The average Bonchev–Trinajstić information content (AvgIpc) is 3.17. The first-order chi connectivity index (χ1) is 13.0. The van der Waals surface area contributed by atoms with E-state index < -0.39 is 0 Å². The molecule has 0 fully saturated rings. The summed E-state index contributed by atoms with van der Waals surface area (Å²) in [6, 6.07) is 10.3. The fraction of sp³-hybridized carbons (Fsp3) is 0.368. The quantitative estimate of drug-likeness (QED) is 0.531. The number of aromatic nitrogens is 5. The Balaban J connectivity index is 1.69. The molecule has 3 rings (SSSR count). The van der Waals surface area contributed by atoms with E-state index in [4.69, 9.17) is 0 Å². The smallest absolute Gasteiger partial charge is 0.191 e. The molecule has 8 nitrogen and oxygen atoms in total. The Morgan fingerprint density at radius 1 is 1.07 bits per heavy atom. The van der Waals surface area contributed by atoms with Crippen LogP contribution < -0.4 is 10.6 Å². The average molecular weight is 366 g/mol. The number of hydrogen-bond donors (Lipinski definition) is 2. The minimum absolute atomic E-state index is 0.552. The third kappa shape index (κ3) is 4.16. The third-order valence-electron chi connectivity index (χ3n) is 4.50. The summed E-state index contributed by atoms with van der Waals surface area (Å²) in [5, 5.41) is 19.5. The van der Waals surface area contributed by atoms with Gasteiger partial charge in [0.2, 0.25) is 0 Å². The molecule has 8 heteroatoms. The molecule has 142 valence electrons. The van der Waals surface area contributed by atoms with Crippen molar-refractivity contribution in [2.75, 3.05) is 7.05 Å². The lowest BCUT2D eigenvalue weighted by Crippen LogP contribution is -2.37. The molecule has 3 aromatic rings. The predicted molar refractivity (Wildman–Crippen MR) is 106 cm³/mol. The van der Waals surface area contributed by atoms with Gasteiger partial charge >= 0.3 is 0 Å². The zero-order valence-corrected chi connectivity index (χ0v) is 16.5. The number of guanidine groups is 1. The zero-order chi connectivity index (χ0) is 19.4. The SMILES string of the molecule is CN=C(NCc1ccccc1-n1nc(C)cc1C)NCc1nnc(C)n1C. The molecule has 2 N–H and O–H groups in total. The second kappa shape index (κ2) is 8.03. The molecule has 0 spiro atoms. The minimum Gasteiger partial charge on any atom is -0.352 e. The number of aliphatic imine (C=N–C) groups is 1. The van der Waals surface area contributed by atoms with Crippen molar-refractivity contribution in [3.63, 3.8) is 0 Å². The highest BCUT2D eigenvalue weighted by molar-refractivity contribution is 5.79. The van der Waals surface area contributed by atoms with Gasteiger partial charge in [-0.1, -0.05) is 18.2 Å². The van der Waals surface area contributed by atoms with E-state index in [2.05, 4.69) is 56.0 Å². The van der Waals surface area contributed by atoms with Crippen molar-refractivity contribution >= 4 is 5.96 Å². The van der Waals surface area contributed by atoms with Gasteiger partial charge in [-0.2, -0.15) is 5.10 Å². The van der Waals surface area contributed by atoms with Crippen molar-refractivity contribution in [2.24, 2.45) is 12.0 Å². The van der Waals surface area contributed by atoms with Gasteiger partial charge in [-0.25, -0.2) is 4.68 Å². The molecule has 0 aliphatic heterocycles. The molecule has 0 saturated carbocycles. The largest absolute Gasteiger partial charge is 0.352 e. The van der Waals surface area contributed by atoms with Crippen LogP contribution in [0.5, 0.6) is 0 Å². The second-order valence-corrected chi connectivity index (χ2v) is 6.47. The van der Waals surface area contributed by atoms with Crippen LogP contribution in [0.3, 0.4) is 0 Å². The molecule has 0 aliphatic rings. The van der Waals surface area contributed by atoms with Crippen LogP contribution in [-0.4, -0.2) is 37.6 Å². The fourth-order valence-corrected chi connectivity index (χ4v) is 2.91. The molecule has 0 saturated heterocycles. The van der Waals surface area contributed by atoms with Gasteiger partial charge in [0.15, 0.2) is 11.8 Å². The summed E-state index contributed by atoms with van der Waals surface area (Å²) in [4.78, 5) is 4.29. The lowest BCUT2D eigenvalue weighted by Gasteiger charge is -2.15. The van der Waals surface area contributed by atoms with E-state index in [1.807, 2.05) is 42.3 Å². The molecule has 0 amide bonds. The summed E-state index contributed by atoms with van der Waals surface area (Å²) < 4.78 is 3.93. The predicted octanol–water partition coefficient (Wildman–Crippen LogP) is 1.79. The van der Waals surface area contributed by atoms with Gasteiger partial charge in [-0.15, -0.1) is 10.2 Å². The van der Waals surface area contributed by atoms with Crippen molar-refractivity contribution in [2.45, 2.75) is 33.9 Å². The van der Waals surface area contributed by atoms with Gasteiger partial charge in [0.05, 0.1) is 17.9 Å². The summed E-state index contributed by atoms with van der Waals surface area (Å²) >= 11 is 0. The monoisotopic (exact) mass is 366 g/mol. The number of rotatable bonds is 5. The summed E-state index contributed by atoms with van der Waals surface area (Å²) in [6.07, 6.45) is 0. The summed E-state index contributed by atoms with van der Waals surface area (Å²) in [7, 11) is 3.71. The van der Waals surface area contributed by atoms with Crippen molar-refractivity contribution in [3.05, 3.63) is 58.9 Å². The van der Waals surface area contributed by atoms with Crippen molar-refractivity contribution < 1.29 is 0 Å². The number of nitrogens with zero attached hydrogens (tertiary/aromatic N) is 6. The van der Waals surface area contributed by atoms with E-state index >= 15 is 0 Å². The molecule has 0 atom stereocenters. The Hall–Kier alpha value is -3.16. The molecular formula is C19H26N8. The number of hydrogen-bond acceptors (Lipinski definition) is 4. The van der Waals surface area contributed by atoms with Gasteiger partial charge in [0, 0.05) is 26.3 Å². The van der Waals surface area contributed by atoms with Crippen LogP contribution in [0.4, 0.5) is 0 Å². The molecule has 0 unspecified atom stereocenters. The lowest BCUT2D eigenvalue weighted by atomic mass is 10.1. The van der Waals surface area contributed by atoms with Crippen molar-refractivity contribution in [1.82, 2.24) is 35.2 Å². The summed E-state index contributed by atoms with van der Waals surface area (Å²) in [5.41, 5.74) is 4.32. The molecule has 0 radical (unpaired) electrons. The first kappa shape index (κ1) is 18.6. The van der Waals surface area contributed by atoms with Gasteiger partial charge in [-0.3, -0.25) is 4.99 Å². The van der Waals surface area contributed by atoms with Crippen LogP contribution in [0.25, 0.3) is 5.69 Å². The van der Waals surface area contributed by atoms with Gasteiger partial charge in [0.25, 0.3) is 0 Å². The van der Waals surface area contributed by atoms with Crippen LogP contribution in [0.2, 0.25) is 0 Å². The molecule has 0 aliphatic carbocycles. The number of para-hydroxylation sites is 1. The highest BCUT2D eigenvalue weighted by atomic mass is 15.3. The van der Waals surface area contributed by atoms with E-state index in [0.717, 1.165) is 34.3 Å². The summed E-state index contributed by atoms with van der Waals surface area (Å²) in [5.74, 6) is 2.45. The third-order valence-corrected chi connectivity index (χ3v) is 4.50.